The van der Waals surface area contributed by atoms with Crippen molar-refractivity contribution in [2.75, 3.05) is 40.1 Å². The van der Waals surface area contributed by atoms with E-state index in [9.17, 15) is 9.13 Å². The number of methoxy groups -OCH3 is 1. The van der Waals surface area contributed by atoms with Gasteiger partial charge in [-0.05, 0) is 27.7 Å². The Morgan fingerprint density at radius 3 is 1.36 bits per heavy atom. The molecule has 0 saturated heterocycles. The standard InChI is InChI=1S/C12H29NO7P2/c1-6-17-21(14,18-7-2)12(13,10-11-16-5)22(15,19-8-3)20-9-4/h6-11,13H2,1-5H3. The molecule has 0 fully saturated rings. The SMILES string of the molecule is CCOP(=O)(OCC)C(N)(CCOC)P(=O)(OCC)OCC. The molecule has 0 unspecified atom stereocenters. The Kier molecular flexibility index (Phi) is 10.3. The van der Waals surface area contributed by atoms with Crippen molar-refractivity contribution in [2.45, 2.75) is 39.1 Å². The zero-order valence-electron chi connectivity index (χ0n) is 14.1. The van der Waals surface area contributed by atoms with Crippen LogP contribution in [-0.2, 0) is 32.0 Å². The number of nitrogens with two attached hydrogens (primary N) is 1. The molecule has 0 aliphatic rings. The van der Waals surface area contributed by atoms with Crippen LogP contribution in [0.5, 0.6) is 0 Å². The average Bonchev–Trinajstić information content (AvgIpc) is 2.45. The van der Waals surface area contributed by atoms with Crippen LogP contribution in [0.2, 0.25) is 0 Å². The van der Waals surface area contributed by atoms with Crippen LogP contribution in [0.3, 0.4) is 0 Å². The summed E-state index contributed by atoms with van der Waals surface area (Å²) < 4.78 is 52.5. The van der Waals surface area contributed by atoms with Gasteiger partial charge in [0.05, 0.1) is 26.4 Å². The van der Waals surface area contributed by atoms with Gasteiger partial charge in [0.2, 0.25) is 5.02 Å². The molecule has 8 nitrogen and oxygen atoms in total. The van der Waals surface area contributed by atoms with Gasteiger partial charge in [-0.1, -0.05) is 0 Å². The zero-order chi connectivity index (χ0) is 17.3. The van der Waals surface area contributed by atoms with Crippen LogP contribution in [-0.4, -0.2) is 45.2 Å². The Balaban J connectivity index is 5.97. The smallest absolute Gasteiger partial charge is 0.362 e. The van der Waals surface area contributed by atoms with Crippen LogP contribution in [0.15, 0.2) is 0 Å². The first-order valence-corrected chi connectivity index (χ1v) is 10.5. The highest BCUT2D eigenvalue weighted by Gasteiger charge is 2.62. The van der Waals surface area contributed by atoms with Gasteiger partial charge in [-0.25, -0.2) is 0 Å². The van der Waals surface area contributed by atoms with E-state index in [0.717, 1.165) is 0 Å². The van der Waals surface area contributed by atoms with Crippen molar-refractivity contribution in [3.63, 3.8) is 0 Å². The fourth-order valence-electron chi connectivity index (χ4n) is 1.88. The highest BCUT2D eigenvalue weighted by molar-refractivity contribution is 7.74. The van der Waals surface area contributed by atoms with Gasteiger partial charge in [0.25, 0.3) is 0 Å². The highest BCUT2D eigenvalue weighted by Crippen LogP contribution is 2.76. The molecular formula is C12H29NO7P2. The lowest BCUT2D eigenvalue weighted by atomic mass is 10.4. The average molecular weight is 361 g/mol. The topological polar surface area (TPSA) is 106 Å². The lowest BCUT2D eigenvalue weighted by Gasteiger charge is -2.39. The summed E-state index contributed by atoms with van der Waals surface area (Å²) in [6.07, 6.45) is -0.0575. The molecule has 0 radical (unpaired) electrons. The molecule has 10 heteroatoms. The minimum Gasteiger partial charge on any atom is -0.385 e. The molecule has 0 aromatic carbocycles. The van der Waals surface area contributed by atoms with Gasteiger partial charge in [-0.15, -0.1) is 0 Å². The fraction of sp³-hybridized carbons (Fsp3) is 1.00. The highest BCUT2D eigenvalue weighted by atomic mass is 31.2. The van der Waals surface area contributed by atoms with E-state index in [1.54, 1.807) is 27.7 Å². The van der Waals surface area contributed by atoms with Crippen molar-refractivity contribution in [1.82, 2.24) is 0 Å². The van der Waals surface area contributed by atoms with Crippen molar-refractivity contribution in [3.05, 3.63) is 0 Å². The van der Waals surface area contributed by atoms with Crippen LogP contribution in [0.4, 0.5) is 0 Å². The van der Waals surface area contributed by atoms with Crippen molar-refractivity contribution < 1.29 is 32.0 Å². The summed E-state index contributed by atoms with van der Waals surface area (Å²) in [5.74, 6) is 0. The first-order valence-electron chi connectivity index (χ1n) is 7.36. The van der Waals surface area contributed by atoms with Crippen molar-refractivity contribution in [2.24, 2.45) is 5.73 Å². The van der Waals surface area contributed by atoms with E-state index in [1.165, 1.54) is 7.11 Å². The monoisotopic (exact) mass is 361 g/mol. The van der Waals surface area contributed by atoms with Crippen LogP contribution in [0.25, 0.3) is 0 Å². The number of hydrogen-bond donors (Lipinski definition) is 1. The summed E-state index contributed by atoms with van der Waals surface area (Å²) in [6, 6.07) is 0. The Hall–Kier alpha value is 0.220. The summed E-state index contributed by atoms with van der Waals surface area (Å²) in [4.78, 5) is 0. The second-order valence-electron chi connectivity index (χ2n) is 4.29. The largest absolute Gasteiger partial charge is 0.385 e. The first kappa shape index (κ1) is 22.2. The van der Waals surface area contributed by atoms with E-state index in [1.807, 2.05) is 0 Å². The van der Waals surface area contributed by atoms with Crippen molar-refractivity contribution >= 4 is 15.2 Å². The van der Waals surface area contributed by atoms with Crippen LogP contribution >= 0.6 is 15.2 Å². The van der Waals surface area contributed by atoms with E-state index in [0.29, 0.717) is 0 Å². The number of ether oxygens (including phenoxy) is 1. The summed E-state index contributed by atoms with van der Waals surface area (Å²) >= 11 is 0. The quantitative estimate of drug-likeness (QED) is 0.499. The molecular weight excluding hydrogens is 332 g/mol. The van der Waals surface area contributed by atoms with Crippen LogP contribution in [0.1, 0.15) is 34.1 Å². The predicted octanol–water partition coefficient (Wildman–Crippen LogP) is 3.17. The predicted molar refractivity (Wildman–Crippen MR) is 85.1 cm³/mol. The maximum absolute atomic E-state index is 13.2. The third kappa shape index (κ3) is 4.86. The van der Waals surface area contributed by atoms with Crippen molar-refractivity contribution in [1.29, 1.82) is 0 Å². The summed E-state index contributed by atoms with van der Waals surface area (Å²) in [5.41, 5.74) is 6.28. The molecule has 0 aliphatic heterocycles. The Morgan fingerprint density at radius 1 is 0.818 bits per heavy atom. The summed E-state index contributed by atoms with van der Waals surface area (Å²) in [6.45, 7) is 7.03. The van der Waals surface area contributed by atoms with E-state index in [-0.39, 0.29) is 39.5 Å². The fourth-order valence-corrected chi connectivity index (χ4v) is 6.90. The maximum atomic E-state index is 13.2. The molecule has 0 spiro atoms. The molecule has 0 atom stereocenters. The van der Waals surface area contributed by atoms with Crippen molar-refractivity contribution in [3.8, 4) is 0 Å². The molecule has 0 heterocycles. The second-order valence-corrected chi connectivity index (χ2v) is 9.26. The molecule has 0 amide bonds. The van der Waals surface area contributed by atoms with E-state index >= 15 is 0 Å². The Morgan fingerprint density at radius 2 is 1.14 bits per heavy atom. The van der Waals surface area contributed by atoms with Gasteiger partial charge in [0.15, 0.2) is 0 Å². The van der Waals surface area contributed by atoms with Gasteiger partial charge in [0.1, 0.15) is 0 Å². The third-order valence-electron chi connectivity index (χ3n) is 2.82. The summed E-state index contributed by atoms with van der Waals surface area (Å²) in [7, 11) is -6.48. The van der Waals surface area contributed by atoms with Gasteiger partial charge in [0, 0.05) is 20.1 Å². The van der Waals surface area contributed by atoms with E-state index < -0.39 is 20.2 Å². The first-order chi connectivity index (χ1) is 10.3. The molecule has 0 aromatic heterocycles. The molecule has 0 aromatic rings. The van der Waals surface area contributed by atoms with Gasteiger partial charge >= 0.3 is 15.2 Å². The summed E-state index contributed by atoms with van der Waals surface area (Å²) in [5, 5.41) is -1.94. The van der Waals surface area contributed by atoms with E-state index in [2.05, 4.69) is 0 Å². The molecule has 2 N–H and O–H groups in total. The molecule has 0 rings (SSSR count). The number of hydrogen-bond acceptors (Lipinski definition) is 8. The van der Waals surface area contributed by atoms with Gasteiger partial charge in [-0.2, -0.15) is 0 Å². The Bertz CT molecular complexity index is 355. The minimum absolute atomic E-state index is 0.0575. The van der Waals surface area contributed by atoms with E-state index in [4.69, 9.17) is 28.6 Å². The second kappa shape index (κ2) is 10.2. The molecule has 0 bridgehead atoms. The van der Waals surface area contributed by atoms with Crippen LogP contribution < -0.4 is 5.73 Å². The normalized spacial score (nSPS) is 13.5. The molecule has 0 aliphatic carbocycles. The lowest BCUT2D eigenvalue weighted by Crippen LogP contribution is -2.43. The lowest BCUT2D eigenvalue weighted by molar-refractivity contribution is 0.149. The Labute approximate surface area is 133 Å². The third-order valence-corrected chi connectivity index (χ3v) is 9.03. The zero-order valence-corrected chi connectivity index (χ0v) is 15.9. The molecule has 0 saturated carbocycles. The molecule has 134 valence electrons. The van der Waals surface area contributed by atoms with Gasteiger partial charge < -0.3 is 28.6 Å². The number of rotatable bonds is 13. The molecule has 22 heavy (non-hydrogen) atoms. The maximum Gasteiger partial charge on any atom is 0.362 e. The minimum atomic E-state index is -3.97. The van der Waals surface area contributed by atoms with Crippen LogP contribution in [0, 0.1) is 0 Å². The van der Waals surface area contributed by atoms with Gasteiger partial charge in [-0.3, -0.25) is 9.13 Å².